The molecule has 4 aromatic rings. The van der Waals surface area contributed by atoms with Gasteiger partial charge in [-0.3, -0.25) is 4.79 Å². The molecule has 1 fully saturated rings. The van der Waals surface area contributed by atoms with E-state index >= 15 is 0 Å². The molecule has 0 saturated heterocycles. The van der Waals surface area contributed by atoms with Crippen molar-refractivity contribution in [2.45, 2.75) is 30.5 Å². The number of hydrogen-bond donors (Lipinski definition) is 1. The van der Waals surface area contributed by atoms with E-state index in [0.717, 1.165) is 36.0 Å². The lowest BCUT2D eigenvalue weighted by Crippen LogP contribution is -2.15. The highest BCUT2D eigenvalue weighted by molar-refractivity contribution is 7.99. The first-order valence-electron chi connectivity index (χ1n) is 10.5. The van der Waals surface area contributed by atoms with Crippen LogP contribution in [-0.2, 0) is 11.2 Å². The van der Waals surface area contributed by atoms with E-state index in [9.17, 15) is 4.79 Å². The van der Waals surface area contributed by atoms with Gasteiger partial charge in [-0.1, -0.05) is 48.2 Å². The zero-order valence-corrected chi connectivity index (χ0v) is 18.9. The molecule has 32 heavy (non-hydrogen) atoms. The SMILES string of the molecule is O=C(CSc1nnc(Cc2cccs2)n1C1CC1)Nc1ccccc1Oc1ccccc1. The molecular formula is C24H22N4O2S2. The Bertz CT molecular complexity index is 1190. The molecule has 2 heterocycles. The van der Waals surface area contributed by atoms with Crippen LogP contribution in [0.15, 0.2) is 77.3 Å². The molecule has 0 unspecified atom stereocenters. The molecule has 2 aromatic carbocycles. The van der Waals surface area contributed by atoms with Gasteiger partial charge in [0.15, 0.2) is 10.9 Å². The molecule has 0 atom stereocenters. The number of nitrogens with zero attached hydrogens (tertiary/aromatic N) is 3. The monoisotopic (exact) mass is 462 g/mol. The number of rotatable bonds is 9. The number of hydrogen-bond acceptors (Lipinski definition) is 6. The molecule has 5 rings (SSSR count). The number of anilines is 1. The van der Waals surface area contributed by atoms with E-state index in [1.54, 1.807) is 11.3 Å². The molecule has 1 aliphatic carbocycles. The zero-order chi connectivity index (χ0) is 21.8. The summed E-state index contributed by atoms with van der Waals surface area (Å²) in [6.45, 7) is 0. The van der Waals surface area contributed by atoms with Gasteiger partial charge >= 0.3 is 0 Å². The van der Waals surface area contributed by atoms with E-state index in [-0.39, 0.29) is 11.7 Å². The number of carbonyl (C=O) groups is 1. The molecule has 1 amide bonds. The standard InChI is InChI=1S/C24H22N4O2S2/c29-23(25-20-10-4-5-11-21(20)30-18-7-2-1-3-8-18)16-32-24-27-26-22(28(24)17-12-13-17)15-19-9-6-14-31-19/h1-11,14,17H,12-13,15-16H2,(H,25,29). The van der Waals surface area contributed by atoms with Crippen molar-refractivity contribution in [3.8, 4) is 11.5 Å². The van der Waals surface area contributed by atoms with Crippen molar-refractivity contribution in [2.24, 2.45) is 0 Å². The molecule has 8 heteroatoms. The summed E-state index contributed by atoms with van der Waals surface area (Å²) in [4.78, 5) is 14.0. The molecule has 0 aliphatic heterocycles. The number of aromatic nitrogens is 3. The summed E-state index contributed by atoms with van der Waals surface area (Å²) in [5.74, 6) is 2.45. The van der Waals surface area contributed by atoms with Gasteiger partial charge in [-0.15, -0.1) is 21.5 Å². The minimum absolute atomic E-state index is 0.107. The Kier molecular flexibility index (Phi) is 6.22. The zero-order valence-electron chi connectivity index (χ0n) is 17.3. The highest BCUT2D eigenvalue weighted by atomic mass is 32.2. The molecule has 162 valence electrons. The van der Waals surface area contributed by atoms with Crippen LogP contribution < -0.4 is 10.1 Å². The molecule has 6 nitrogen and oxygen atoms in total. The number of thiophene rings is 1. The lowest BCUT2D eigenvalue weighted by molar-refractivity contribution is -0.113. The maximum absolute atomic E-state index is 12.7. The fourth-order valence-electron chi connectivity index (χ4n) is 3.39. The van der Waals surface area contributed by atoms with Crippen LogP contribution in [0.1, 0.15) is 29.6 Å². The van der Waals surface area contributed by atoms with Crippen molar-refractivity contribution in [2.75, 3.05) is 11.1 Å². The normalized spacial score (nSPS) is 13.1. The van der Waals surface area contributed by atoms with Gasteiger partial charge in [0.25, 0.3) is 0 Å². The molecule has 1 saturated carbocycles. The number of carbonyl (C=O) groups excluding carboxylic acids is 1. The average Bonchev–Trinajstić information content (AvgIpc) is 3.36. The first kappa shape index (κ1) is 20.8. The van der Waals surface area contributed by atoms with E-state index < -0.39 is 0 Å². The number of ether oxygens (including phenoxy) is 1. The first-order valence-corrected chi connectivity index (χ1v) is 12.3. The third kappa shape index (κ3) is 5.03. The second-order valence-electron chi connectivity index (χ2n) is 7.50. The van der Waals surface area contributed by atoms with E-state index in [0.29, 0.717) is 17.5 Å². The molecule has 1 aliphatic rings. The molecule has 0 radical (unpaired) electrons. The summed E-state index contributed by atoms with van der Waals surface area (Å²) in [5, 5.41) is 14.7. The minimum atomic E-state index is -0.107. The van der Waals surface area contributed by atoms with Crippen molar-refractivity contribution in [1.29, 1.82) is 0 Å². The van der Waals surface area contributed by atoms with Gasteiger partial charge in [0.2, 0.25) is 5.91 Å². The van der Waals surface area contributed by atoms with Crippen molar-refractivity contribution >= 4 is 34.7 Å². The molecule has 0 spiro atoms. The minimum Gasteiger partial charge on any atom is -0.455 e. The van der Waals surface area contributed by atoms with Crippen molar-refractivity contribution in [3.05, 3.63) is 82.8 Å². The van der Waals surface area contributed by atoms with Gasteiger partial charge < -0.3 is 14.6 Å². The Morgan fingerprint density at radius 3 is 2.66 bits per heavy atom. The predicted octanol–water partition coefficient (Wildman–Crippen LogP) is 5.79. The van der Waals surface area contributed by atoms with Crippen molar-refractivity contribution in [3.63, 3.8) is 0 Å². The van der Waals surface area contributed by atoms with Crippen LogP contribution in [0.3, 0.4) is 0 Å². The maximum atomic E-state index is 12.7. The summed E-state index contributed by atoms with van der Waals surface area (Å²) in [7, 11) is 0. The first-order chi connectivity index (χ1) is 15.8. The largest absolute Gasteiger partial charge is 0.455 e. The highest BCUT2D eigenvalue weighted by Crippen LogP contribution is 2.39. The van der Waals surface area contributed by atoms with E-state index in [2.05, 4.69) is 37.6 Å². The van der Waals surface area contributed by atoms with Crippen LogP contribution in [0.25, 0.3) is 0 Å². The number of nitrogens with one attached hydrogen (secondary N) is 1. The van der Waals surface area contributed by atoms with Gasteiger partial charge in [-0.2, -0.15) is 0 Å². The van der Waals surface area contributed by atoms with Gasteiger partial charge in [-0.25, -0.2) is 0 Å². The molecule has 0 bridgehead atoms. The van der Waals surface area contributed by atoms with Gasteiger partial charge in [0.1, 0.15) is 11.6 Å². The Balaban J connectivity index is 1.24. The topological polar surface area (TPSA) is 69.0 Å². The van der Waals surface area contributed by atoms with Crippen molar-refractivity contribution < 1.29 is 9.53 Å². The van der Waals surface area contributed by atoms with E-state index in [1.165, 1.54) is 16.6 Å². The van der Waals surface area contributed by atoms with Crippen molar-refractivity contribution in [1.82, 2.24) is 14.8 Å². The predicted molar refractivity (Wildman–Crippen MR) is 128 cm³/mol. The maximum Gasteiger partial charge on any atom is 0.234 e. The van der Waals surface area contributed by atoms with Crippen LogP contribution in [0.5, 0.6) is 11.5 Å². The average molecular weight is 463 g/mol. The second kappa shape index (κ2) is 9.58. The van der Waals surface area contributed by atoms with Gasteiger partial charge in [0.05, 0.1) is 11.4 Å². The third-order valence-electron chi connectivity index (χ3n) is 5.02. The van der Waals surface area contributed by atoms with E-state index in [1.807, 2.05) is 54.6 Å². The highest BCUT2D eigenvalue weighted by Gasteiger charge is 2.30. The number of amides is 1. The smallest absolute Gasteiger partial charge is 0.234 e. The third-order valence-corrected chi connectivity index (χ3v) is 6.84. The molecular weight excluding hydrogens is 440 g/mol. The molecule has 1 N–H and O–H groups in total. The number of para-hydroxylation sites is 3. The van der Waals surface area contributed by atoms with Gasteiger partial charge in [-0.05, 0) is 48.6 Å². The summed E-state index contributed by atoms with van der Waals surface area (Å²) < 4.78 is 8.15. The fourth-order valence-corrected chi connectivity index (χ4v) is 4.91. The van der Waals surface area contributed by atoms with Crippen LogP contribution in [0.4, 0.5) is 5.69 Å². The summed E-state index contributed by atoms with van der Waals surface area (Å²) in [6, 6.07) is 21.6. The number of benzene rings is 2. The lowest BCUT2D eigenvalue weighted by Gasteiger charge is -2.12. The molecule has 2 aromatic heterocycles. The second-order valence-corrected chi connectivity index (χ2v) is 9.48. The fraction of sp³-hybridized carbons (Fsp3) is 0.208. The van der Waals surface area contributed by atoms with Gasteiger partial charge in [0, 0.05) is 17.3 Å². The van der Waals surface area contributed by atoms with Crippen LogP contribution in [-0.4, -0.2) is 26.4 Å². The van der Waals surface area contributed by atoms with Crippen LogP contribution in [0.2, 0.25) is 0 Å². The van der Waals surface area contributed by atoms with E-state index in [4.69, 9.17) is 4.74 Å². The Morgan fingerprint density at radius 1 is 1.06 bits per heavy atom. The lowest BCUT2D eigenvalue weighted by atomic mass is 10.3. The van der Waals surface area contributed by atoms with Crippen LogP contribution >= 0.6 is 23.1 Å². The van der Waals surface area contributed by atoms with Crippen LogP contribution in [0, 0.1) is 0 Å². The summed E-state index contributed by atoms with van der Waals surface area (Å²) in [5.41, 5.74) is 0.643. The Labute approximate surface area is 194 Å². The summed E-state index contributed by atoms with van der Waals surface area (Å²) in [6.07, 6.45) is 3.05. The Morgan fingerprint density at radius 2 is 1.88 bits per heavy atom. The Hall–Kier alpha value is -3.10. The quantitative estimate of drug-likeness (QED) is 0.319. The number of thioether (sulfide) groups is 1. The summed E-state index contributed by atoms with van der Waals surface area (Å²) >= 11 is 3.15.